The number of hydrogen-bond acceptors (Lipinski definition) is 2. The summed E-state index contributed by atoms with van der Waals surface area (Å²) >= 11 is 4.25. The fourth-order valence-corrected chi connectivity index (χ4v) is 2.72. The molecule has 98 valence electrons. The average Bonchev–Trinajstić information content (AvgIpc) is 2.27. The van der Waals surface area contributed by atoms with Gasteiger partial charge in [-0.3, -0.25) is 20.2 Å². The van der Waals surface area contributed by atoms with Crippen LogP contribution in [0, 0.1) is 11.8 Å². The zero-order valence-corrected chi connectivity index (χ0v) is 12.1. The molecule has 1 aromatic rings. The molecule has 0 aromatic heterocycles. The summed E-state index contributed by atoms with van der Waals surface area (Å²) in [7, 11) is -3.32. The number of benzene rings is 1. The van der Waals surface area contributed by atoms with Crippen LogP contribution in [0.15, 0.2) is 29.2 Å². The maximum atomic E-state index is 11.9. The van der Waals surface area contributed by atoms with Gasteiger partial charge in [0.1, 0.15) is 0 Å². The third-order valence-corrected chi connectivity index (χ3v) is 3.82. The second-order valence-corrected chi connectivity index (χ2v) is 6.19. The summed E-state index contributed by atoms with van der Waals surface area (Å²) in [4.78, 5) is 0.777. The molecule has 0 atom stereocenters. The molecule has 4 N–H and O–H groups in total. The molecule has 0 radical (unpaired) electrons. The van der Waals surface area contributed by atoms with Crippen molar-refractivity contribution in [2.75, 3.05) is 11.2 Å². The third kappa shape index (κ3) is 4.75. The Bertz CT molecular complexity index is 504. The fourth-order valence-electron chi connectivity index (χ4n) is 1.56. The highest BCUT2D eigenvalue weighted by molar-refractivity contribution is 7.80. The second-order valence-electron chi connectivity index (χ2n) is 3.85. The van der Waals surface area contributed by atoms with Crippen molar-refractivity contribution in [2.24, 2.45) is 11.0 Å². The van der Waals surface area contributed by atoms with Gasteiger partial charge in [-0.1, -0.05) is 6.07 Å². The van der Waals surface area contributed by atoms with E-state index in [1.807, 2.05) is 18.2 Å². The number of thiol groups is 1. The van der Waals surface area contributed by atoms with Crippen LogP contribution >= 0.6 is 20.2 Å². The highest BCUT2D eigenvalue weighted by Crippen LogP contribution is 2.37. The van der Waals surface area contributed by atoms with Crippen LogP contribution in [0.25, 0.3) is 0 Å². The van der Waals surface area contributed by atoms with E-state index in [1.165, 1.54) is 4.67 Å². The minimum atomic E-state index is -3.32. The zero-order valence-electron chi connectivity index (χ0n) is 10.3. The van der Waals surface area contributed by atoms with E-state index in [9.17, 15) is 4.57 Å². The molecule has 0 aliphatic carbocycles. The van der Waals surface area contributed by atoms with Gasteiger partial charge in [0.25, 0.3) is 0 Å². The summed E-state index contributed by atoms with van der Waals surface area (Å²) in [6.45, 7) is 2.30. The number of rotatable bonds is 5. The first-order valence-electron chi connectivity index (χ1n) is 5.59. The first-order valence-corrected chi connectivity index (χ1v) is 7.83. The Morgan fingerprint density at radius 2 is 2.17 bits per heavy atom. The Balaban J connectivity index is 2.85. The Morgan fingerprint density at radius 1 is 1.44 bits per heavy atom. The van der Waals surface area contributed by atoms with Crippen molar-refractivity contribution in [1.29, 1.82) is 0 Å². The monoisotopic (exact) mass is 283 g/mol. The van der Waals surface area contributed by atoms with E-state index in [0.717, 1.165) is 23.4 Å². The molecule has 0 amide bonds. The summed E-state index contributed by atoms with van der Waals surface area (Å²) in [5.74, 6) is 5.77. The topological polar surface area (TPSA) is 72.3 Å². The van der Waals surface area contributed by atoms with Crippen molar-refractivity contribution in [3.8, 4) is 11.8 Å². The third-order valence-electron chi connectivity index (χ3n) is 2.35. The highest BCUT2D eigenvalue weighted by Gasteiger charge is 2.21. The standard InChI is InChI=1S/C12H18N3OPS/c1-2-3-4-5-9-15(17(13,14)16)11-7-6-8-12(18)10-11/h6-8,10,18H,4-5,9H2,1H3,(H4,13,14,16). The lowest BCUT2D eigenvalue weighted by Crippen LogP contribution is -2.29. The minimum absolute atomic E-state index is 0.510. The molecule has 1 aromatic carbocycles. The van der Waals surface area contributed by atoms with E-state index in [2.05, 4.69) is 24.5 Å². The van der Waals surface area contributed by atoms with Gasteiger partial charge >= 0.3 is 7.59 Å². The van der Waals surface area contributed by atoms with Gasteiger partial charge < -0.3 is 0 Å². The van der Waals surface area contributed by atoms with E-state index in [4.69, 9.17) is 11.0 Å². The molecule has 0 saturated heterocycles. The highest BCUT2D eigenvalue weighted by atomic mass is 32.1. The maximum Gasteiger partial charge on any atom is 0.300 e. The zero-order chi connectivity index (χ0) is 13.6. The Hall–Kier alpha value is -0.920. The Kier molecular flexibility index (Phi) is 5.77. The van der Waals surface area contributed by atoms with Gasteiger partial charge in [-0.05, 0) is 31.5 Å². The number of anilines is 1. The molecule has 0 fully saturated rings. The van der Waals surface area contributed by atoms with E-state index in [-0.39, 0.29) is 0 Å². The summed E-state index contributed by atoms with van der Waals surface area (Å²) < 4.78 is 13.4. The second kappa shape index (κ2) is 6.86. The van der Waals surface area contributed by atoms with Gasteiger partial charge in [-0.15, -0.1) is 24.5 Å². The molecule has 1 rings (SSSR count). The molecule has 0 unspecified atom stereocenters. The molecule has 6 heteroatoms. The molecule has 0 aliphatic heterocycles. The van der Waals surface area contributed by atoms with Crippen molar-refractivity contribution < 1.29 is 4.57 Å². The Labute approximate surface area is 114 Å². The molecule has 18 heavy (non-hydrogen) atoms. The minimum Gasteiger partial charge on any atom is -0.300 e. The largest absolute Gasteiger partial charge is 0.300 e. The van der Waals surface area contributed by atoms with Gasteiger partial charge in [0.2, 0.25) is 0 Å². The number of hydrogen-bond donors (Lipinski definition) is 3. The first-order chi connectivity index (χ1) is 8.45. The summed E-state index contributed by atoms with van der Waals surface area (Å²) in [5, 5.41) is 0. The lowest BCUT2D eigenvalue weighted by atomic mass is 10.3. The van der Waals surface area contributed by atoms with Crippen LogP contribution in [0.2, 0.25) is 0 Å². The van der Waals surface area contributed by atoms with Crippen LogP contribution in [-0.2, 0) is 4.57 Å². The van der Waals surface area contributed by atoms with Gasteiger partial charge in [0, 0.05) is 23.5 Å². The van der Waals surface area contributed by atoms with Gasteiger partial charge in [-0.2, -0.15) is 0 Å². The lowest BCUT2D eigenvalue weighted by molar-refractivity contribution is 0.572. The first kappa shape index (κ1) is 15.1. The van der Waals surface area contributed by atoms with E-state index < -0.39 is 7.59 Å². The van der Waals surface area contributed by atoms with Crippen LogP contribution in [0.4, 0.5) is 5.69 Å². The van der Waals surface area contributed by atoms with Crippen molar-refractivity contribution in [1.82, 2.24) is 0 Å². The van der Waals surface area contributed by atoms with Crippen LogP contribution < -0.4 is 15.7 Å². The molecule has 4 nitrogen and oxygen atoms in total. The van der Waals surface area contributed by atoms with Crippen LogP contribution in [0.5, 0.6) is 0 Å². The van der Waals surface area contributed by atoms with Crippen LogP contribution in [0.3, 0.4) is 0 Å². The normalized spacial score (nSPS) is 10.7. The van der Waals surface area contributed by atoms with E-state index in [1.54, 1.807) is 13.0 Å². The van der Waals surface area contributed by atoms with Crippen LogP contribution in [-0.4, -0.2) is 6.54 Å². The van der Waals surface area contributed by atoms with Crippen molar-refractivity contribution in [2.45, 2.75) is 24.7 Å². The molecule has 0 spiro atoms. The molecule has 0 aliphatic rings. The quantitative estimate of drug-likeness (QED) is 0.336. The predicted octanol–water partition coefficient (Wildman–Crippen LogP) is 2.61. The van der Waals surface area contributed by atoms with Gasteiger partial charge in [0.05, 0.1) is 0 Å². The average molecular weight is 283 g/mol. The molecule has 0 bridgehead atoms. The predicted molar refractivity (Wildman–Crippen MR) is 79.7 cm³/mol. The van der Waals surface area contributed by atoms with Crippen molar-refractivity contribution in [3.63, 3.8) is 0 Å². The van der Waals surface area contributed by atoms with E-state index >= 15 is 0 Å². The van der Waals surface area contributed by atoms with Gasteiger partial charge in [-0.25, -0.2) is 0 Å². The molecular formula is C12H18N3OPS. The molecule has 0 heterocycles. The summed E-state index contributed by atoms with van der Waals surface area (Å²) in [6, 6.07) is 7.27. The van der Waals surface area contributed by atoms with Crippen LogP contribution in [0.1, 0.15) is 19.8 Å². The summed E-state index contributed by atoms with van der Waals surface area (Å²) in [5.41, 5.74) is 11.9. The Morgan fingerprint density at radius 3 is 2.72 bits per heavy atom. The number of nitrogens with two attached hydrogens (primary N) is 2. The molecule has 0 saturated carbocycles. The maximum absolute atomic E-state index is 11.9. The lowest BCUT2D eigenvalue weighted by Gasteiger charge is -2.27. The SMILES string of the molecule is CC#CCCCN(c1cccc(S)c1)P(N)(N)=O. The molecular weight excluding hydrogens is 265 g/mol. The number of nitrogens with zero attached hydrogens (tertiary/aromatic N) is 1. The number of unbranched alkanes of at least 4 members (excludes halogenated alkanes) is 1. The smallest absolute Gasteiger partial charge is 0.300 e. The van der Waals surface area contributed by atoms with Crippen molar-refractivity contribution in [3.05, 3.63) is 24.3 Å². The van der Waals surface area contributed by atoms with E-state index in [0.29, 0.717) is 6.54 Å². The van der Waals surface area contributed by atoms with Gasteiger partial charge in [0.15, 0.2) is 0 Å². The fraction of sp³-hybridized carbons (Fsp3) is 0.333. The summed E-state index contributed by atoms with van der Waals surface area (Å²) in [6.07, 6.45) is 1.49. The van der Waals surface area contributed by atoms with Crippen molar-refractivity contribution >= 4 is 25.9 Å².